The fraction of sp³-hybridized carbons (Fsp3) is 0.400. The Morgan fingerprint density at radius 2 is 2.00 bits per heavy atom. The molecule has 1 aliphatic carbocycles. The first kappa shape index (κ1) is 12.8. The maximum Gasteiger partial charge on any atom is 0.305 e. The number of carboxylic acids is 1. The molecule has 1 N–H and O–H groups in total. The van der Waals surface area contributed by atoms with Gasteiger partial charge in [0.05, 0.1) is 12.1 Å². The summed E-state index contributed by atoms with van der Waals surface area (Å²) in [5.41, 5.74) is 0.901. The van der Waals surface area contributed by atoms with Gasteiger partial charge >= 0.3 is 5.97 Å². The van der Waals surface area contributed by atoms with Crippen molar-refractivity contribution in [2.24, 2.45) is 0 Å². The van der Waals surface area contributed by atoms with Gasteiger partial charge in [0.1, 0.15) is 0 Å². The third kappa shape index (κ3) is 2.43. The minimum absolute atomic E-state index is 0.125. The molecule has 1 fully saturated rings. The quantitative estimate of drug-likeness (QED) is 0.904. The van der Waals surface area contributed by atoms with Gasteiger partial charge in [0.15, 0.2) is 5.82 Å². The van der Waals surface area contributed by atoms with Gasteiger partial charge in [-0.3, -0.25) is 4.79 Å². The van der Waals surface area contributed by atoms with Gasteiger partial charge in [0, 0.05) is 23.4 Å². The lowest BCUT2D eigenvalue weighted by molar-refractivity contribution is -0.136. The lowest BCUT2D eigenvalue weighted by Crippen LogP contribution is -2.29. The van der Waals surface area contributed by atoms with Crippen LogP contribution in [0.4, 0.5) is 5.82 Å². The molecule has 104 valence electrons. The highest BCUT2D eigenvalue weighted by atomic mass is 16.4. The van der Waals surface area contributed by atoms with Crippen molar-refractivity contribution in [2.45, 2.75) is 32.2 Å². The highest BCUT2D eigenvalue weighted by Crippen LogP contribution is 2.34. The molecule has 0 bridgehead atoms. The maximum atomic E-state index is 10.8. The summed E-state index contributed by atoms with van der Waals surface area (Å²) in [4.78, 5) is 12.9. The summed E-state index contributed by atoms with van der Waals surface area (Å²) >= 11 is 0. The predicted molar refractivity (Wildman–Crippen MR) is 76.9 cm³/mol. The van der Waals surface area contributed by atoms with Crippen LogP contribution in [0.5, 0.6) is 0 Å². The summed E-state index contributed by atoms with van der Waals surface area (Å²) in [6.45, 7) is 2.43. The SMILES string of the molecule is Cc1nnc(N(CCC(=O)O)C2CC2)c2ccccc12. The Morgan fingerprint density at radius 1 is 1.30 bits per heavy atom. The van der Waals surface area contributed by atoms with Crippen molar-refractivity contribution in [3.63, 3.8) is 0 Å². The van der Waals surface area contributed by atoms with E-state index >= 15 is 0 Å². The second kappa shape index (κ2) is 5.07. The largest absolute Gasteiger partial charge is 0.481 e. The number of benzene rings is 1. The van der Waals surface area contributed by atoms with Gasteiger partial charge in [0.2, 0.25) is 0 Å². The van der Waals surface area contributed by atoms with Gasteiger partial charge in [-0.1, -0.05) is 24.3 Å². The molecular formula is C15H17N3O2. The van der Waals surface area contributed by atoms with Crippen molar-refractivity contribution in [2.75, 3.05) is 11.4 Å². The van der Waals surface area contributed by atoms with Crippen molar-refractivity contribution in [3.8, 4) is 0 Å². The number of carbonyl (C=O) groups is 1. The van der Waals surface area contributed by atoms with Gasteiger partial charge in [-0.05, 0) is 19.8 Å². The Bertz CT molecular complexity index is 653. The molecule has 1 aromatic carbocycles. The standard InChI is InChI=1S/C15H17N3O2/c1-10-12-4-2-3-5-13(12)15(17-16-10)18(11-6-7-11)9-8-14(19)20/h2-5,11H,6-9H2,1H3,(H,19,20). The molecule has 0 aliphatic heterocycles. The lowest BCUT2D eigenvalue weighted by atomic mass is 10.1. The van der Waals surface area contributed by atoms with Crippen LogP contribution in [0.2, 0.25) is 0 Å². The van der Waals surface area contributed by atoms with Crippen molar-refractivity contribution in [1.29, 1.82) is 0 Å². The van der Waals surface area contributed by atoms with E-state index in [0.717, 1.165) is 35.1 Å². The van der Waals surface area contributed by atoms with E-state index in [1.807, 2.05) is 31.2 Å². The van der Waals surface area contributed by atoms with Crippen LogP contribution in [-0.4, -0.2) is 33.9 Å². The minimum atomic E-state index is -0.778. The molecule has 0 spiro atoms. The van der Waals surface area contributed by atoms with Crippen molar-refractivity contribution in [1.82, 2.24) is 10.2 Å². The summed E-state index contributed by atoms with van der Waals surface area (Å²) in [6.07, 6.45) is 2.33. The van der Waals surface area contributed by atoms with Crippen LogP contribution in [0.1, 0.15) is 25.0 Å². The van der Waals surface area contributed by atoms with E-state index in [1.54, 1.807) is 0 Å². The van der Waals surface area contributed by atoms with Crippen LogP contribution in [0.15, 0.2) is 24.3 Å². The molecule has 0 atom stereocenters. The van der Waals surface area contributed by atoms with E-state index in [1.165, 1.54) is 0 Å². The van der Waals surface area contributed by atoms with E-state index in [0.29, 0.717) is 12.6 Å². The average Bonchev–Trinajstić information content (AvgIpc) is 3.26. The van der Waals surface area contributed by atoms with Crippen molar-refractivity contribution in [3.05, 3.63) is 30.0 Å². The number of nitrogens with zero attached hydrogens (tertiary/aromatic N) is 3. The van der Waals surface area contributed by atoms with Gasteiger partial charge in [-0.2, -0.15) is 5.10 Å². The molecule has 3 rings (SSSR count). The van der Waals surface area contributed by atoms with Gasteiger partial charge in [-0.15, -0.1) is 5.10 Å². The Balaban J connectivity index is 2.02. The molecule has 0 radical (unpaired) electrons. The zero-order valence-corrected chi connectivity index (χ0v) is 11.4. The summed E-state index contributed by atoms with van der Waals surface area (Å²) in [5.74, 6) is 0.0370. The normalized spacial score (nSPS) is 14.4. The van der Waals surface area contributed by atoms with E-state index in [9.17, 15) is 4.79 Å². The van der Waals surface area contributed by atoms with E-state index < -0.39 is 5.97 Å². The fourth-order valence-corrected chi connectivity index (χ4v) is 2.50. The van der Waals surface area contributed by atoms with Crippen LogP contribution in [0.3, 0.4) is 0 Å². The summed E-state index contributed by atoms with van der Waals surface area (Å²) in [6, 6.07) is 8.44. The third-order valence-corrected chi connectivity index (χ3v) is 3.68. The minimum Gasteiger partial charge on any atom is -0.481 e. The highest BCUT2D eigenvalue weighted by molar-refractivity contribution is 5.93. The molecular weight excluding hydrogens is 254 g/mol. The number of anilines is 1. The number of aliphatic carboxylic acids is 1. The van der Waals surface area contributed by atoms with E-state index in [2.05, 4.69) is 15.1 Å². The average molecular weight is 271 g/mol. The first-order valence-electron chi connectivity index (χ1n) is 6.87. The van der Waals surface area contributed by atoms with Crippen LogP contribution in [-0.2, 0) is 4.79 Å². The number of carboxylic acid groups (broad SMARTS) is 1. The highest BCUT2D eigenvalue weighted by Gasteiger charge is 2.31. The molecule has 1 heterocycles. The Hall–Kier alpha value is -2.17. The van der Waals surface area contributed by atoms with Crippen LogP contribution < -0.4 is 4.90 Å². The molecule has 1 aliphatic rings. The van der Waals surface area contributed by atoms with Gasteiger partial charge < -0.3 is 10.0 Å². The second-order valence-electron chi connectivity index (χ2n) is 5.22. The molecule has 1 saturated carbocycles. The lowest BCUT2D eigenvalue weighted by Gasteiger charge is -2.23. The second-order valence-corrected chi connectivity index (χ2v) is 5.22. The number of hydrogen-bond donors (Lipinski definition) is 1. The molecule has 5 heteroatoms. The Kier molecular flexibility index (Phi) is 3.26. The van der Waals surface area contributed by atoms with Crippen LogP contribution in [0, 0.1) is 6.92 Å². The Labute approximate surface area is 117 Å². The summed E-state index contributed by atoms with van der Waals surface area (Å²) in [5, 5.41) is 19.6. The molecule has 0 unspecified atom stereocenters. The van der Waals surface area contributed by atoms with E-state index in [4.69, 9.17) is 5.11 Å². The first-order chi connectivity index (χ1) is 9.66. The number of fused-ring (bicyclic) bond motifs is 1. The number of hydrogen-bond acceptors (Lipinski definition) is 4. The first-order valence-corrected chi connectivity index (χ1v) is 6.87. The van der Waals surface area contributed by atoms with Crippen LogP contribution in [0.25, 0.3) is 10.8 Å². The van der Waals surface area contributed by atoms with Gasteiger partial charge in [-0.25, -0.2) is 0 Å². The van der Waals surface area contributed by atoms with E-state index in [-0.39, 0.29) is 6.42 Å². The van der Waals surface area contributed by atoms with Gasteiger partial charge in [0.25, 0.3) is 0 Å². The zero-order chi connectivity index (χ0) is 14.1. The summed E-state index contributed by atoms with van der Waals surface area (Å²) in [7, 11) is 0. The third-order valence-electron chi connectivity index (χ3n) is 3.68. The molecule has 0 amide bonds. The molecule has 20 heavy (non-hydrogen) atoms. The zero-order valence-electron chi connectivity index (χ0n) is 11.4. The van der Waals surface area contributed by atoms with Crippen molar-refractivity contribution >= 4 is 22.6 Å². The number of rotatable bonds is 5. The number of aryl methyl sites for hydroxylation is 1. The molecule has 0 saturated heterocycles. The monoisotopic (exact) mass is 271 g/mol. The molecule has 1 aromatic heterocycles. The smallest absolute Gasteiger partial charge is 0.305 e. The predicted octanol–water partition coefficient (Wildman–Crippen LogP) is 2.38. The molecule has 2 aromatic rings. The summed E-state index contributed by atoms with van der Waals surface area (Å²) < 4.78 is 0. The molecule has 5 nitrogen and oxygen atoms in total. The number of aromatic nitrogens is 2. The topological polar surface area (TPSA) is 66.3 Å². The van der Waals surface area contributed by atoms with Crippen molar-refractivity contribution < 1.29 is 9.90 Å². The van der Waals surface area contributed by atoms with Crippen LogP contribution >= 0.6 is 0 Å². The Morgan fingerprint density at radius 3 is 2.65 bits per heavy atom. The fourth-order valence-electron chi connectivity index (χ4n) is 2.50. The maximum absolute atomic E-state index is 10.8.